The molecule has 0 radical (unpaired) electrons. The van der Waals surface area contributed by atoms with Gasteiger partial charge >= 0.3 is 12.3 Å². The average molecular weight is 230 g/mol. The number of ether oxygens (including phenoxy) is 1. The second kappa shape index (κ2) is 6.76. The highest BCUT2D eigenvalue weighted by Crippen LogP contribution is 2.22. The molecule has 0 atom stereocenters. The second-order valence-electron chi connectivity index (χ2n) is 3.27. The Morgan fingerprint density at radius 2 is 1.93 bits per heavy atom. The van der Waals surface area contributed by atoms with E-state index in [9.17, 15) is 22.4 Å². The van der Waals surface area contributed by atoms with E-state index in [1.807, 2.05) is 0 Å². The third kappa shape index (κ3) is 7.30. The molecule has 0 N–H and O–H groups in total. The fourth-order valence-corrected chi connectivity index (χ4v) is 0.849. The van der Waals surface area contributed by atoms with Crippen LogP contribution in [0.2, 0.25) is 0 Å². The van der Waals surface area contributed by atoms with Crippen molar-refractivity contribution in [3.8, 4) is 0 Å². The predicted octanol–water partition coefficient (Wildman–Crippen LogP) is 2.66. The zero-order valence-electron chi connectivity index (χ0n) is 8.44. The van der Waals surface area contributed by atoms with Gasteiger partial charge in [-0.05, 0) is 19.8 Å². The first-order chi connectivity index (χ1) is 6.86. The number of hydrogen-bond acceptors (Lipinski definition) is 2. The van der Waals surface area contributed by atoms with Crippen molar-refractivity contribution in [2.75, 3.05) is 13.2 Å². The summed E-state index contributed by atoms with van der Waals surface area (Å²) >= 11 is 0. The van der Waals surface area contributed by atoms with E-state index in [1.54, 1.807) is 0 Å². The number of ketones is 1. The van der Waals surface area contributed by atoms with E-state index in [2.05, 4.69) is 4.74 Å². The minimum atomic E-state index is -4.08. The van der Waals surface area contributed by atoms with E-state index >= 15 is 0 Å². The smallest absolute Gasteiger partial charge is 0.330 e. The first-order valence-electron chi connectivity index (χ1n) is 4.59. The zero-order chi connectivity index (χ0) is 11.9. The molecule has 0 spiro atoms. The largest absolute Gasteiger partial charge is 0.375 e. The van der Waals surface area contributed by atoms with E-state index in [0.717, 1.165) is 0 Å². The summed E-state index contributed by atoms with van der Waals surface area (Å²) in [5, 5.41) is 0. The van der Waals surface area contributed by atoms with E-state index in [1.165, 1.54) is 6.92 Å². The first-order valence-corrected chi connectivity index (χ1v) is 4.59. The summed E-state index contributed by atoms with van der Waals surface area (Å²) in [4.78, 5) is 10.5. The molecule has 0 unspecified atom stereocenters. The van der Waals surface area contributed by atoms with Crippen LogP contribution in [-0.4, -0.2) is 31.3 Å². The number of Topliss-reactive ketones (excluding diaryl/α,β-unsaturated/α-hetero) is 1. The Bertz CT molecular complexity index is 195. The van der Waals surface area contributed by atoms with Gasteiger partial charge in [-0.2, -0.15) is 8.78 Å². The van der Waals surface area contributed by atoms with Gasteiger partial charge in [0.05, 0.1) is 0 Å². The Morgan fingerprint density at radius 3 is 2.40 bits per heavy atom. The minimum Gasteiger partial charge on any atom is -0.375 e. The van der Waals surface area contributed by atoms with Gasteiger partial charge in [0.15, 0.2) is 0 Å². The average Bonchev–Trinajstić information content (AvgIpc) is 2.10. The van der Waals surface area contributed by atoms with E-state index in [0.29, 0.717) is 19.3 Å². The van der Waals surface area contributed by atoms with Gasteiger partial charge in [-0.25, -0.2) is 8.78 Å². The molecule has 0 aromatic rings. The maximum Gasteiger partial charge on any atom is 0.330 e. The Labute approximate surface area is 85.6 Å². The van der Waals surface area contributed by atoms with Crippen molar-refractivity contribution in [2.45, 2.75) is 38.5 Å². The van der Waals surface area contributed by atoms with Crippen LogP contribution in [0.3, 0.4) is 0 Å². The number of carbonyl (C=O) groups is 1. The lowest BCUT2D eigenvalue weighted by Gasteiger charge is -2.14. The van der Waals surface area contributed by atoms with Crippen LogP contribution in [0, 0.1) is 0 Å². The molecule has 0 aromatic carbocycles. The fourth-order valence-electron chi connectivity index (χ4n) is 0.849. The maximum atomic E-state index is 12.3. The number of halogens is 4. The van der Waals surface area contributed by atoms with Crippen LogP contribution in [0.5, 0.6) is 0 Å². The molecule has 0 rings (SSSR count). The van der Waals surface area contributed by atoms with Crippen LogP contribution in [-0.2, 0) is 9.53 Å². The van der Waals surface area contributed by atoms with Crippen molar-refractivity contribution < 1.29 is 27.1 Å². The van der Waals surface area contributed by atoms with Gasteiger partial charge in [-0.1, -0.05) is 0 Å². The van der Waals surface area contributed by atoms with Crippen molar-refractivity contribution in [1.29, 1.82) is 0 Å². The van der Waals surface area contributed by atoms with Crippen LogP contribution < -0.4 is 0 Å². The van der Waals surface area contributed by atoms with Gasteiger partial charge in [0.2, 0.25) is 0 Å². The second-order valence-corrected chi connectivity index (χ2v) is 3.27. The van der Waals surface area contributed by atoms with E-state index in [-0.39, 0.29) is 12.4 Å². The SMILES string of the molecule is CC(=O)CCCCOCC(F)(F)C(F)F. The fraction of sp³-hybridized carbons (Fsp3) is 0.889. The highest BCUT2D eigenvalue weighted by atomic mass is 19.3. The van der Waals surface area contributed by atoms with Gasteiger partial charge in [0, 0.05) is 13.0 Å². The highest BCUT2D eigenvalue weighted by Gasteiger charge is 2.40. The first kappa shape index (κ1) is 14.3. The predicted molar refractivity (Wildman–Crippen MR) is 46.3 cm³/mol. The van der Waals surface area contributed by atoms with Crippen molar-refractivity contribution in [2.24, 2.45) is 0 Å². The van der Waals surface area contributed by atoms with Gasteiger partial charge in [-0.15, -0.1) is 0 Å². The van der Waals surface area contributed by atoms with Crippen LogP contribution in [0.15, 0.2) is 0 Å². The topological polar surface area (TPSA) is 26.3 Å². The van der Waals surface area contributed by atoms with Crippen molar-refractivity contribution in [1.82, 2.24) is 0 Å². The normalized spacial score (nSPS) is 12.1. The quantitative estimate of drug-likeness (QED) is 0.473. The molecule has 0 fully saturated rings. The highest BCUT2D eigenvalue weighted by molar-refractivity contribution is 5.75. The molecule has 0 saturated carbocycles. The molecule has 15 heavy (non-hydrogen) atoms. The van der Waals surface area contributed by atoms with Crippen molar-refractivity contribution in [3.63, 3.8) is 0 Å². The molecule has 0 aliphatic heterocycles. The van der Waals surface area contributed by atoms with Crippen molar-refractivity contribution >= 4 is 5.78 Å². The molecule has 2 nitrogen and oxygen atoms in total. The maximum absolute atomic E-state index is 12.3. The van der Waals surface area contributed by atoms with Crippen LogP contribution >= 0.6 is 0 Å². The van der Waals surface area contributed by atoms with Crippen LogP contribution in [0.1, 0.15) is 26.2 Å². The summed E-state index contributed by atoms with van der Waals surface area (Å²) in [6.45, 7) is 0.117. The van der Waals surface area contributed by atoms with Crippen LogP contribution in [0.4, 0.5) is 17.6 Å². The Hall–Kier alpha value is -0.650. The Morgan fingerprint density at radius 1 is 1.33 bits per heavy atom. The zero-order valence-corrected chi connectivity index (χ0v) is 8.44. The van der Waals surface area contributed by atoms with Gasteiger partial charge in [0.1, 0.15) is 12.4 Å². The summed E-state index contributed by atoms with van der Waals surface area (Å²) < 4.78 is 52.1. The van der Waals surface area contributed by atoms with Gasteiger partial charge in [0.25, 0.3) is 0 Å². The summed E-state index contributed by atoms with van der Waals surface area (Å²) in [6, 6.07) is 0. The number of alkyl halides is 4. The minimum absolute atomic E-state index is 0.00732. The van der Waals surface area contributed by atoms with Crippen LogP contribution in [0.25, 0.3) is 0 Å². The molecule has 0 aromatic heterocycles. The third-order valence-corrected chi connectivity index (χ3v) is 1.68. The van der Waals surface area contributed by atoms with Gasteiger partial charge in [-0.3, -0.25) is 0 Å². The molecule has 0 amide bonds. The lowest BCUT2D eigenvalue weighted by Crippen LogP contribution is -2.32. The standard InChI is InChI=1S/C9H14F4O2/c1-7(14)4-2-3-5-15-6-9(12,13)8(10)11/h8H,2-6H2,1H3. The molecule has 0 aliphatic carbocycles. The number of unbranched alkanes of at least 4 members (excludes halogenated alkanes) is 1. The molecule has 0 saturated heterocycles. The Balaban J connectivity index is 3.42. The molecular formula is C9H14F4O2. The number of hydrogen-bond donors (Lipinski definition) is 0. The molecule has 6 heteroatoms. The summed E-state index contributed by atoms with van der Waals surface area (Å²) in [5.74, 6) is -4.08. The Kier molecular flexibility index (Phi) is 6.47. The van der Waals surface area contributed by atoms with E-state index in [4.69, 9.17) is 0 Å². The monoisotopic (exact) mass is 230 g/mol. The van der Waals surface area contributed by atoms with Crippen molar-refractivity contribution in [3.05, 3.63) is 0 Å². The third-order valence-electron chi connectivity index (χ3n) is 1.68. The number of rotatable bonds is 8. The lowest BCUT2D eigenvalue weighted by atomic mass is 10.2. The summed E-state index contributed by atoms with van der Waals surface area (Å²) in [7, 11) is 0. The summed E-state index contributed by atoms with van der Waals surface area (Å²) in [6.07, 6.45) is -2.40. The molecule has 0 heterocycles. The number of carbonyl (C=O) groups excluding carboxylic acids is 1. The molecule has 90 valence electrons. The molecule has 0 bridgehead atoms. The summed E-state index contributed by atoms with van der Waals surface area (Å²) in [5.41, 5.74) is 0. The van der Waals surface area contributed by atoms with E-state index < -0.39 is 19.0 Å². The molecular weight excluding hydrogens is 216 g/mol. The van der Waals surface area contributed by atoms with Gasteiger partial charge < -0.3 is 9.53 Å². The molecule has 0 aliphatic rings. The lowest BCUT2D eigenvalue weighted by molar-refractivity contribution is -0.165.